The van der Waals surface area contributed by atoms with Crippen molar-refractivity contribution in [1.29, 1.82) is 0 Å². The van der Waals surface area contributed by atoms with E-state index in [2.05, 4.69) is 26.3 Å². The van der Waals surface area contributed by atoms with Gasteiger partial charge in [-0.1, -0.05) is 0 Å². The number of hydrogen-bond donors (Lipinski definition) is 2. The second-order valence-electron chi connectivity index (χ2n) is 4.28. The van der Waals surface area contributed by atoms with Crippen LogP contribution in [0.2, 0.25) is 0 Å². The minimum Gasteiger partial charge on any atom is -0.399 e. The summed E-state index contributed by atoms with van der Waals surface area (Å²) in [5.74, 6) is 0.442. The number of nitrogens with zero attached hydrogens (tertiary/aromatic N) is 2. The fraction of sp³-hybridized carbons (Fsp3) is 0. The van der Waals surface area contributed by atoms with E-state index >= 15 is 0 Å². The molecule has 7 heteroatoms. The zero-order valence-electron chi connectivity index (χ0n) is 10.8. The van der Waals surface area contributed by atoms with E-state index < -0.39 is 0 Å². The van der Waals surface area contributed by atoms with Gasteiger partial charge >= 0.3 is 0 Å². The first-order valence-corrected chi connectivity index (χ1v) is 7.71. The van der Waals surface area contributed by atoms with Crippen molar-refractivity contribution in [2.24, 2.45) is 0 Å². The Labute approximate surface area is 133 Å². The highest BCUT2D eigenvalue weighted by atomic mass is 79.9. The Morgan fingerprint density at radius 1 is 1.19 bits per heavy atom. The summed E-state index contributed by atoms with van der Waals surface area (Å²) in [5, 5.41) is 7.08. The van der Waals surface area contributed by atoms with Crippen LogP contribution in [0, 0.1) is 0 Å². The minimum absolute atomic E-state index is 0.164. The van der Waals surface area contributed by atoms with E-state index in [9.17, 15) is 4.79 Å². The number of thiophene rings is 1. The van der Waals surface area contributed by atoms with E-state index in [0.717, 1.165) is 9.47 Å². The molecule has 0 atom stereocenters. The molecule has 1 aromatic carbocycles. The normalized spacial score (nSPS) is 10.5. The quantitative estimate of drug-likeness (QED) is 0.700. The Morgan fingerprint density at radius 2 is 1.95 bits per heavy atom. The van der Waals surface area contributed by atoms with E-state index in [1.165, 1.54) is 11.3 Å². The predicted molar refractivity (Wildman–Crippen MR) is 87.9 cm³/mol. The number of nitrogens with one attached hydrogen (secondary N) is 1. The predicted octanol–water partition coefficient (Wildman–Crippen LogP) is 3.53. The number of nitrogen functional groups attached to an aromatic ring is 1. The second kappa shape index (κ2) is 5.71. The van der Waals surface area contributed by atoms with Crippen molar-refractivity contribution < 1.29 is 4.79 Å². The summed E-state index contributed by atoms with van der Waals surface area (Å²) in [7, 11) is 0. The van der Waals surface area contributed by atoms with Crippen LogP contribution in [0.25, 0.3) is 5.69 Å². The van der Waals surface area contributed by atoms with Crippen molar-refractivity contribution in [2.45, 2.75) is 0 Å². The van der Waals surface area contributed by atoms with Gasteiger partial charge in [-0.3, -0.25) is 4.79 Å². The second-order valence-corrected chi connectivity index (χ2v) is 6.74. The lowest BCUT2D eigenvalue weighted by molar-refractivity contribution is 0.103. The number of amides is 1. The summed E-state index contributed by atoms with van der Waals surface area (Å²) in [6.07, 6.45) is 1.64. The standard InChI is InChI=1S/C14H11BrN4OS/c15-12-6-5-11(21-12)14(20)18-13-7-8-17-19(13)10-3-1-9(16)2-4-10/h1-8H,16H2,(H,18,20). The summed E-state index contributed by atoms with van der Waals surface area (Å²) < 4.78 is 2.57. The minimum atomic E-state index is -0.164. The number of rotatable bonds is 3. The van der Waals surface area contributed by atoms with Crippen LogP contribution in [-0.4, -0.2) is 15.7 Å². The average Bonchev–Trinajstić information content (AvgIpc) is 3.09. The van der Waals surface area contributed by atoms with Crippen LogP contribution in [0.4, 0.5) is 11.5 Å². The molecule has 3 aromatic rings. The zero-order valence-corrected chi connectivity index (χ0v) is 13.2. The van der Waals surface area contributed by atoms with Gasteiger partial charge in [0.15, 0.2) is 0 Å². The summed E-state index contributed by atoms with van der Waals surface area (Å²) in [5.41, 5.74) is 7.19. The molecule has 0 bridgehead atoms. The lowest BCUT2D eigenvalue weighted by Gasteiger charge is -2.08. The molecular weight excluding hydrogens is 352 g/mol. The van der Waals surface area contributed by atoms with Gasteiger partial charge in [0.25, 0.3) is 5.91 Å². The van der Waals surface area contributed by atoms with Gasteiger partial charge in [0.1, 0.15) is 5.82 Å². The number of aromatic nitrogens is 2. The number of anilines is 2. The van der Waals surface area contributed by atoms with Gasteiger partial charge in [-0.05, 0) is 52.3 Å². The highest BCUT2D eigenvalue weighted by molar-refractivity contribution is 9.11. The largest absolute Gasteiger partial charge is 0.399 e. The van der Waals surface area contributed by atoms with E-state index in [4.69, 9.17) is 5.73 Å². The van der Waals surface area contributed by atoms with Gasteiger partial charge < -0.3 is 11.1 Å². The van der Waals surface area contributed by atoms with E-state index in [0.29, 0.717) is 16.4 Å². The molecule has 1 amide bonds. The Kier molecular flexibility index (Phi) is 3.76. The van der Waals surface area contributed by atoms with Crippen LogP contribution in [0.3, 0.4) is 0 Å². The first-order valence-electron chi connectivity index (χ1n) is 6.10. The van der Waals surface area contributed by atoms with Gasteiger partial charge in [0, 0.05) is 11.8 Å². The molecular formula is C14H11BrN4OS. The first-order chi connectivity index (χ1) is 10.1. The Morgan fingerprint density at radius 3 is 2.62 bits per heavy atom. The molecule has 106 valence electrons. The van der Waals surface area contributed by atoms with Crippen LogP contribution in [0.5, 0.6) is 0 Å². The molecule has 2 aromatic heterocycles. The summed E-state index contributed by atoms with van der Waals surface area (Å²) in [6.45, 7) is 0. The van der Waals surface area contributed by atoms with Crippen molar-refractivity contribution >= 4 is 44.7 Å². The van der Waals surface area contributed by atoms with Crippen LogP contribution in [0.15, 0.2) is 52.4 Å². The SMILES string of the molecule is Nc1ccc(-n2nccc2NC(=O)c2ccc(Br)s2)cc1. The molecule has 3 N–H and O–H groups in total. The maximum Gasteiger partial charge on any atom is 0.266 e. The molecule has 3 rings (SSSR count). The number of carbonyl (C=O) groups is 1. The number of benzene rings is 1. The molecule has 0 fully saturated rings. The van der Waals surface area contributed by atoms with Gasteiger partial charge in [-0.25, -0.2) is 4.68 Å². The molecule has 0 aliphatic heterocycles. The fourth-order valence-corrected chi connectivity index (χ4v) is 3.11. The Bertz CT molecular complexity index is 778. The maximum absolute atomic E-state index is 12.2. The molecule has 21 heavy (non-hydrogen) atoms. The summed E-state index contributed by atoms with van der Waals surface area (Å²) >= 11 is 4.73. The smallest absolute Gasteiger partial charge is 0.266 e. The molecule has 0 aliphatic carbocycles. The maximum atomic E-state index is 12.2. The van der Waals surface area contributed by atoms with Gasteiger partial charge in [0.2, 0.25) is 0 Å². The van der Waals surface area contributed by atoms with E-state index in [1.807, 2.05) is 18.2 Å². The summed E-state index contributed by atoms with van der Waals surface area (Å²) in [4.78, 5) is 12.8. The number of hydrogen-bond acceptors (Lipinski definition) is 4. The molecule has 0 saturated heterocycles. The molecule has 2 heterocycles. The molecule has 0 radical (unpaired) electrons. The Hall–Kier alpha value is -2.12. The van der Waals surface area contributed by atoms with Gasteiger partial charge in [-0.15, -0.1) is 11.3 Å². The average molecular weight is 363 g/mol. The van der Waals surface area contributed by atoms with Gasteiger partial charge in [-0.2, -0.15) is 5.10 Å². The fourth-order valence-electron chi connectivity index (χ4n) is 1.83. The molecule has 0 saturated carbocycles. The van der Waals surface area contributed by atoms with Crippen molar-refractivity contribution in [1.82, 2.24) is 9.78 Å². The topological polar surface area (TPSA) is 72.9 Å². The lowest BCUT2D eigenvalue weighted by Crippen LogP contribution is -2.13. The van der Waals surface area contributed by atoms with Crippen LogP contribution < -0.4 is 11.1 Å². The van der Waals surface area contributed by atoms with Crippen LogP contribution in [0.1, 0.15) is 9.67 Å². The van der Waals surface area contributed by atoms with E-state index in [-0.39, 0.29) is 5.91 Å². The van der Waals surface area contributed by atoms with Crippen LogP contribution >= 0.6 is 27.3 Å². The van der Waals surface area contributed by atoms with Crippen molar-refractivity contribution in [3.8, 4) is 5.69 Å². The van der Waals surface area contributed by atoms with Crippen molar-refractivity contribution in [3.05, 3.63) is 57.3 Å². The third-order valence-corrected chi connectivity index (χ3v) is 4.44. The number of nitrogens with two attached hydrogens (primary N) is 1. The van der Waals surface area contributed by atoms with Crippen LogP contribution in [-0.2, 0) is 0 Å². The Balaban J connectivity index is 1.86. The molecule has 5 nitrogen and oxygen atoms in total. The monoisotopic (exact) mass is 362 g/mol. The van der Waals surface area contributed by atoms with E-state index in [1.54, 1.807) is 35.1 Å². The third kappa shape index (κ3) is 2.98. The third-order valence-electron chi connectivity index (χ3n) is 2.82. The number of halogens is 1. The van der Waals surface area contributed by atoms with Gasteiger partial charge in [0.05, 0.1) is 20.5 Å². The molecule has 0 spiro atoms. The highest BCUT2D eigenvalue weighted by Crippen LogP contribution is 2.23. The summed E-state index contributed by atoms with van der Waals surface area (Å²) in [6, 6.07) is 12.6. The number of carbonyl (C=O) groups excluding carboxylic acids is 1. The molecule has 0 aliphatic rings. The van der Waals surface area contributed by atoms with Crippen molar-refractivity contribution in [3.63, 3.8) is 0 Å². The van der Waals surface area contributed by atoms with Crippen molar-refractivity contribution in [2.75, 3.05) is 11.1 Å². The lowest BCUT2D eigenvalue weighted by atomic mass is 10.3. The molecule has 0 unspecified atom stereocenters. The first kappa shape index (κ1) is 13.8. The highest BCUT2D eigenvalue weighted by Gasteiger charge is 2.12. The zero-order chi connectivity index (χ0) is 14.8.